The largest absolute Gasteiger partial charge is 0.370 e. The van der Waals surface area contributed by atoms with Crippen molar-refractivity contribution in [3.05, 3.63) is 64.2 Å². The summed E-state index contributed by atoms with van der Waals surface area (Å²) in [7, 11) is 0. The highest BCUT2D eigenvalue weighted by atomic mass is 35.5. The smallest absolute Gasteiger partial charge is 0.250 e. The molecule has 3 aliphatic heterocycles. The van der Waals surface area contributed by atoms with E-state index >= 15 is 0 Å². The van der Waals surface area contributed by atoms with E-state index in [1.54, 1.807) is 26.0 Å². The molecule has 2 aromatic carbocycles. The molecule has 9 heteroatoms. The van der Waals surface area contributed by atoms with Gasteiger partial charge in [-0.15, -0.1) is 0 Å². The van der Waals surface area contributed by atoms with Crippen LogP contribution < -0.4 is 16.4 Å². The lowest BCUT2D eigenvalue weighted by Gasteiger charge is -2.31. The molecule has 4 N–H and O–H groups in total. The molecule has 0 radical (unpaired) electrons. The molecule has 2 aromatic rings. The number of amides is 4. The van der Waals surface area contributed by atoms with Crippen LogP contribution in [0, 0.1) is 18.8 Å². The quantitative estimate of drug-likeness (QED) is 0.567. The molecule has 0 unspecified atom stereocenters. The van der Waals surface area contributed by atoms with Gasteiger partial charge in [-0.3, -0.25) is 29.4 Å². The van der Waals surface area contributed by atoms with Crippen LogP contribution in [0.3, 0.4) is 0 Å². The highest BCUT2D eigenvalue weighted by Gasteiger charge is 2.70. The molecule has 8 nitrogen and oxygen atoms in total. The first-order valence-corrected chi connectivity index (χ1v) is 11.6. The van der Waals surface area contributed by atoms with E-state index in [0.717, 1.165) is 5.56 Å². The number of hydrogen-bond donors (Lipinski definition) is 3. The molecule has 3 aliphatic rings. The average molecular weight is 481 g/mol. The van der Waals surface area contributed by atoms with Gasteiger partial charge in [-0.1, -0.05) is 48.0 Å². The normalized spacial score (nSPS) is 28.3. The fourth-order valence-corrected chi connectivity index (χ4v) is 5.98. The second kappa shape index (κ2) is 7.92. The Bertz CT molecular complexity index is 1230. The minimum Gasteiger partial charge on any atom is -0.370 e. The van der Waals surface area contributed by atoms with E-state index < -0.39 is 47.2 Å². The number of imide groups is 1. The zero-order valence-electron chi connectivity index (χ0n) is 18.8. The maximum Gasteiger partial charge on any atom is 0.250 e. The number of likely N-dealkylation sites (tertiary alicyclic amines) is 1. The number of fused-ring (bicyclic) bond motifs is 4. The summed E-state index contributed by atoms with van der Waals surface area (Å²) in [5.74, 6) is -3.42. The molecule has 0 saturated carbocycles. The number of benzene rings is 2. The summed E-state index contributed by atoms with van der Waals surface area (Å²) in [6.45, 7) is 3.60. The highest BCUT2D eigenvalue weighted by Crippen LogP contribution is 2.55. The Labute approximate surface area is 201 Å². The van der Waals surface area contributed by atoms with Gasteiger partial charge >= 0.3 is 0 Å². The van der Waals surface area contributed by atoms with E-state index in [-0.39, 0.29) is 18.7 Å². The van der Waals surface area contributed by atoms with Crippen molar-refractivity contribution < 1.29 is 19.2 Å². The summed E-state index contributed by atoms with van der Waals surface area (Å²) in [5.41, 5.74) is 6.60. The molecular weight excluding hydrogens is 456 g/mol. The summed E-state index contributed by atoms with van der Waals surface area (Å²) in [5, 5.41) is 6.68. The number of anilines is 1. The zero-order chi connectivity index (χ0) is 24.4. The van der Waals surface area contributed by atoms with Gasteiger partial charge in [0.15, 0.2) is 0 Å². The number of carbonyl (C=O) groups is 4. The topological polar surface area (TPSA) is 122 Å². The summed E-state index contributed by atoms with van der Waals surface area (Å²) >= 11 is 6.29. The fraction of sp³-hybridized carbons (Fsp3) is 0.360. The van der Waals surface area contributed by atoms with Crippen molar-refractivity contribution in [1.82, 2.24) is 10.2 Å². The lowest BCUT2D eigenvalue weighted by molar-refractivity contribution is -0.145. The first-order valence-electron chi connectivity index (χ1n) is 11.3. The lowest BCUT2D eigenvalue weighted by Crippen LogP contribution is -2.53. The summed E-state index contributed by atoms with van der Waals surface area (Å²) in [6.07, 6.45) is 0.265. The van der Waals surface area contributed by atoms with Crippen molar-refractivity contribution in [3.63, 3.8) is 0 Å². The SMILES string of the molecule is Cc1c(Cl)ccc2c1NC(=O)[C@@]21N[C@@H](CCC(N)=O)[C@H]2C(=O)N([C@H](C)c3ccccc3)C(=O)[C@@H]21. The minimum absolute atomic E-state index is 0.0286. The monoisotopic (exact) mass is 480 g/mol. The molecule has 5 atom stereocenters. The average Bonchev–Trinajstić information content (AvgIpc) is 3.40. The van der Waals surface area contributed by atoms with Crippen LogP contribution >= 0.6 is 11.6 Å². The Morgan fingerprint density at radius 3 is 2.53 bits per heavy atom. The molecule has 5 rings (SSSR count). The molecule has 2 fully saturated rings. The van der Waals surface area contributed by atoms with Gasteiger partial charge in [0, 0.05) is 23.0 Å². The van der Waals surface area contributed by atoms with Gasteiger partial charge in [0.25, 0.3) is 0 Å². The summed E-state index contributed by atoms with van der Waals surface area (Å²) in [4.78, 5) is 54.1. The predicted octanol–water partition coefficient (Wildman–Crippen LogP) is 2.40. The van der Waals surface area contributed by atoms with E-state index in [2.05, 4.69) is 10.6 Å². The Morgan fingerprint density at radius 1 is 1.15 bits per heavy atom. The van der Waals surface area contributed by atoms with Gasteiger partial charge in [0.1, 0.15) is 5.54 Å². The maximum atomic E-state index is 13.9. The van der Waals surface area contributed by atoms with Crippen LogP contribution in [-0.4, -0.2) is 34.6 Å². The van der Waals surface area contributed by atoms with Crippen molar-refractivity contribution in [2.45, 2.75) is 44.3 Å². The van der Waals surface area contributed by atoms with Crippen LogP contribution in [0.5, 0.6) is 0 Å². The molecular formula is C25H25ClN4O4. The Balaban J connectivity index is 1.63. The van der Waals surface area contributed by atoms with Crippen LogP contribution in [0.25, 0.3) is 0 Å². The van der Waals surface area contributed by atoms with Crippen LogP contribution in [-0.2, 0) is 24.7 Å². The number of hydrogen-bond acceptors (Lipinski definition) is 5. The molecule has 1 spiro atoms. The van der Waals surface area contributed by atoms with Crippen molar-refractivity contribution in [2.75, 3.05) is 5.32 Å². The third kappa shape index (κ3) is 3.02. The lowest BCUT2D eigenvalue weighted by atomic mass is 9.76. The molecule has 0 aromatic heterocycles. The number of nitrogens with two attached hydrogens (primary N) is 1. The van der Waals surface area contributed by atoms with Gasteiger partial charge in [-0.25, -0.2) is 0 Å². The molecule has 0 bridgehead atoms. The van der Waals surface area contributed by atoms with Gasteiger partial charge in [0.2, 0.25) is 23.6 Å². The number of nitrogens with zero attached hydrogens (tertiary/aromatic N) is 1. The van der Waals surface area contributed by atoms with Crippen LogP contribution in [0.1, 0.15) is 42.5 Å². The van der Waals surface area contributed by atoms with E-state index in [4.69, 9.17) is 17.3 Å². The van der Waals surface area contributed by atoms with Crippen LogP contribution in [0.4, 0.5) is 5.69 Å². The van der Waals surface area contributed by atoms with Gasteiger partial charge in [-0.2, -0.15) is 0 Å². The van der Waals surface area contributed by atoms with Crippen molar-refractivity contribution >= 4 is 40.9 Å². The Morgan fingerprint density at radius 2 is 1.85 bits per heavy atom. The van der Waals surface area contributed by atoms with Crippen molar-refractivity contribution in [1.29, 1.82) is 0 Å². The van der Waals surface area contributed by atoms with Gasteiger partial charge in [-0.05, 0) is 37.5 Å². The van der Waals surface area contributed by atoms with E-state index in [0.29, 0.717) is 21.8 Å². The minimum atomic E-state index is -1.43. The van der Waals surface area contributed by atoms with Crippen molar-refractivity contribution in [2.24, 2.45) is 17.6 Å². The number of halogens is 1. The number of nitrogens with one attached hydrogen (secondary N) is 2. The summed E-state index contributed by atoms with van der Waals surface area (Å²) in [6, 6.07) is 11.6. The second-order valence-electron chi connectivity index (χ2n) is 9.25. The van der Waals surface area contributed by atoms with E-state index in [1.165, 1.54) is 4.90 Å². The molecule has 2 saturated heterocycles. The third-order valence-corrected chi connectivity index (χ3v) is 7.90. The highest BCUT2D eigenvalue weighted by molar-refractivity contribution is 6.32. The first-order chi connectivity index (χ1) is 16.2. The standard InChI is InChI=1S/C25H25ClN4O4/c1-12-16(26)9-8-15-21(12)28-24(34)25(15)20-19(17(29-25)10-11-18(27)31)22(32)30(23(20)33)13(2)14-6-4-3-5-7-14/h3-9,13,17,19-20,29H,10-11H2,1-2H3,(H2,27,31)(H,28,34)/t13-,17+,19-,20-,25-/m1/s1. The maximum absolute atomic E-state index is 13.9. The Kier molecular flexibility index (Phi) is 5.26. The molecule has 3 heterocycles. The number of rotatable bonds is 5. The van der Waals surface area contributed by atoms with Crippen LogP contribution in [0.15, 0.2) is 42.5 Å². The Hall–Kier alpha value is -3.23. The zero-order valence-corrected chi connectivity index (χ0v) is 19.6. The molecule has 4 amide bonds. The van der Waals surface area contributed by atoms with Gasteiger partial charge < -0.3 is 11.1 Å². The van der Waals surface area contributed by atoms with E-state index in [1.807, 2.05) is 30.3 Å². The predicted molar refractivity (Wildman–Crippen MR) is 126 cm³/mol. The van der Waals surface area contributed by atoms with E-state index in [9.17, 15) is 19.2 Å². The van der Waals surface area contributed by atoms with Gasteiger partial charge in [0.05, 0.1) is 23.6 Å². The molecule has 34 heavy (non-hydrogen) atoms. The van der Waals surface area contributed by atoms with Crippen LogP contribution in [0.2, 0.25) is 5.02 Å². The second-order valence-corrected chi connectivity index (χ2v) is 9.66. The fourth-order valence-electron chi connectivity index (χ4n) is 5.82. The first kappa shape index (κ1) is 22.6. The number of primary amides is 1. The summed E-state index contributed by atoms with van der Waals surface area (Å²) < 4.78 is 0. The third-order valence-electron chi connectivity index (χ3n) is 7.49. The number of carbonyl (C=O) groups excluding carboxylic acids is 4. The van der Waals surface area contributed by atoms with Crippen molar-refractivity contribution in [3.8, 4) is 0 Å². The molecule has 0 aliphatic carbocycles. The molecule has 176 valence electrons.